The molecule has 0 saturated carbocycles. The minimum absolute atomic E-state index is 0. The monoisotopic (exact) mass is 341 g/mol. The molecule has 2 rings (SSSR count). The topological polar surface area (TPSA) is 75.9 Å². The third kappa shape index (κ3) is 5.41. The Labute approximate surface area is 143 Å². The Balaban J connectivity index is 0.00000264. The molecule has 0 aliphatic carbocycles. The lowest BCUT2D eigenvalue weighted by molar-refractivity contribution is -0.137. The Hall–Kier alpha value is -1.79. The molecule has 2 N–H and O–H groups in total. The zero-order valence-electron chi connectivity index (χ0n) is 13.5. The molecule has 6 nitrogen and oxygen atoms in total. The third-order valence-corrected chi connectivity index (χ3v) is 3.58. The van der Waals surface area contributed by atoms with E-state index in [0.29, 0.717) is 26.2 Å². The molecule has 1 aromatic rings. The summed E-state index contributed by atoms with van der Waals surface area (Å²) in [5, 5.41) is 0. The summed E-state index contributed by atoms with van der Waals surface area (Å²) in [6.07, 6.45) is -0.344. The summed E-state index contributed by atoms with van der Waals surface area (Å²) in [4.78, 5) is 27.4. The number of hydrogen-bond acceptors (Lipinski definition) is 4. The maximum Gasteiger partial charge on any atom is 0.410 e. The number of carbonyl (C=O) groups excluding carboxylic acids is 2. The molecular weight excluding hydrogens is 318 g/mol. The van der Waals surface area contributed by atoms with E-state index in [2.05, 4.69) is 0 Å². The SMILES string of the molecule is CC(C)(N)C(=O)N1CCN(C(=O)OCc2ccccc2)CC1.Cl. The second-order valence-electron chi connectivity index (χ2n) is 6.04. The second kappa shape index (κ2) is 8.17. The van der Waals surface area contributed by atoms with E-state index >= 15 is 0 Å². The summed E-state index contributed by atoms with van der Waals surface area (Å²) in [5.74, 6) is -0.0928. The Bertz CT molecular complexity index is 523. The molecule has 1 aliphatic rings. The zero-order chi connectivity index (χ0) is 16.2. The van der Waals surface area contributed by atoms with Crippen LogP contribution >= 0.6 is 12.4 Å². The normalized spacial score (nSPS) is 14.9. The van der Waals surface area contributed by atoms with Gasteiger partial charge in [-0.25, -0.2) is 4.79 Å². The third-order valence-electron chi connectivity index (χ3n) is 3.58. The summed E-state index contributed by atoms with van der Waals surface area (Å²) in [6, 6.07) is 9.55. The number of ether oxygens (including phenoxy) is 1. The van der Waals surface area contributed by atoms with Crippen LogP contribution in [0, 0.1) is 0 Å². The van der Waals surface area contributed by atoms with Gasteiger partial charge in [-0.1, -0.05) is 30.3 Å². The van der Waals surface area contributed by atoms with E-state index in [4.69, 9.17) is 10.5 Å². The maximum absolute atomic E-state index is 12.1. The summed E-state index contributed by atoms with van der Waals surface area (Å²) in [5.41, 5.74) is 5.89. The van der Waals surface area contributed by atoms with Crippen LogP contribution in [0.5, 0.6) is 0 Å². The first-order valence-corrected chi connectivity index (χ1v) is 7.42. The molecule has 7 heteroatoms. The highest BCUT2D eigenvalue weighted by atomic mass is 35.5. The van der Waals surface area contributed by atoms with Gasteiger partial charge in [0.15, 0.2) is 0 Å². The van der Waals surface area contributed by atoms with Crippen molar-refractivity contribution in [2.24, 2.45) is 5.73 Å². The largest absolute Gasteiger partial charge is 0.445 e. The highest BCUT2D eigenvalue weighted by Gasteiger charge is 2.31. The van der Waals surface area contributed by atoms with Crippen LogP contribution in [0.4, 0.5) is 4.79 Å². The van der Waals surface area contributed by atoms with Crippen LogP contribution in [-0.4, -0.2) is 53.5 Å². The molecule has 2 amide bonds. The van der Waals surface area contributed by atoms with Crippen molar-refractivity contribution in [3.05, 3.63) is 35.9 Å². The lowest BCUT2D eigenvalue weighted by Gasteiger charge is -2.36. The average molecular weight is 342 g/mol. The van der Waals surface area contributed by atoms with E-state index in [1.807, 2.05) is 30.3 Å². The van der Waals surface area contributed by atoms with E-state index in [-0.39, 0.29) is 31.0 Å². The van der Waals surface area contributed by atoms with Crippen LogP contribution in [0.1, 0.15) is 19.4 Å². The number of benzene rings is 1. The fraction of sp³-hybridized carbons (Fsp3) is 0.500. The number of piperazine rings is 1. The summed E-state index contributed by atoms with van der Waals surface area (Å²) >= 11 is 0. The first kappa shape index (κ1) is 19.3. The van der Waals surface area contributed by atoms with Crippen LogP contribution in [0.15, 0.2) is 30.3 Å². The maximum atomic E-state index is 12.1. The van der Waals surface area contributed by atoms with Gasteiger partial charge in [-0.05, 0) is 19.4 Å². The molecular formula is C16H24ClN3O3. The Kier molecular flexibility index (Phi) is 6.84. The van der Waals surface area contributed by atoms with Crippen molar-refractivity contribution >= 4 is 24.4 Å². The lowest BCUT2D eigenvalue weighted by atomic mass is 10.1. The van der Waals surface area contributed by atoms with Gasteiger partial charge in [-0.2, -0.15) is 0 Å². The molecule has 0 spiro atoms. The van der Waals surface area contributed by atoms with Gasteiger partial charge < -0.3 is 20.3 Å². The highest BCUT2D eigenvalue weighted by molar-refractivity contribution is 5.85. The van der Waals surface area contributed by atoms with Gasteiger partial charge in [-0.15, -0.1) is 12.4 Å². The van der Waals surface area contributed by atoms with Crippen LogP contribution in [0.25, 0.3) is 0 Å². The highest BCUT2D eigenvalue weighted by Crippen LogP contribution is 2.10. The Morgan fingerprint density at radius 1 is 1.09 bits per heavy atom. The van der Waals surface area contributed by atoms with E-state index < -0.39 is 5.54 Å². The number of carbonyl (C=O) groups is 2. The standard InChI is InChI=1S/C16H23N3O3.ClH/c1-16(2,17)14(20)18-8-10-19(11-9-18)15(21)22-12-13-6-4-3-5-7-13;/h3-7H,8-12,17H2,1-2H3;1H. The Morgan fingerprint density at radius 2 is 1.61 bits per heavy atom. The van der Waals surface area contributed by atoms with E-state index in [1.165, 1.54) is 0 Å². The molecule has 1 fully saturated rings. The lowest BCUT2D eigenvalue weighted by Crippen LogP contribution is -2.57. The molecule has 0 aromatic heterocycles. The smallest absolute Gasteiger partial charge is 0.410 e. The molecule has 1 heterocycles. The van der Waals surface area contributed by atoms with Crippen molar-refractivity contribution in [3.8, 4) is 0 Å². The fourth-order valence-electron chi connectivity index (χ4n) is 2.31. The molecule has 1 saturated heterocycles. The van der Waals surface area contributed by atoms with Crippen LogP contribution in [-0.2, 0) is 16.1 Å². The van der Waals surface area contributed by atoms with Crippen LogP contribution in [0.2, 0.25) is 0 Å². The first-order chi connectivity index (χ1) is 10.4. The van der Waals surface area contributed by atoms with Crippen molar-refractivity contribution < 1.29 is 14.3 Å². The van der Waals surface area contributed by atoms with Gasteiger partial charge in [0.05, 0.1) is 5.54 Å². The second-order valence-corrected chi connectivity index (χ2v) is 6.04. The molecule has 1 aromatic carbocycles. The van der Waals surface area contributed by atoms with Gasteiger partial charge in [0, 0.05) is 26.2 Å². The molecule has 128 valence electrons. The number of hydrogen-bond donors (Lipinski definition) is 1. The summed E-state index contributed by atoms with van der Waals surface area (Å²) in [7, 11) is 0. The zero-order valence-corrected chi connectivity index (χ0v) is 14.3. The summed E-state index contributed by atoms with van der Waals surface area (Å²) < 4.78 is 5.29. The summed E-state index contributed by atoms with van der Waals surface area (Å²) in [6.45, 7) is 5.55. The predicted molar refractivity (Wildman–Crippen MR) is 90.3 cm³/mol. The van der Waals surface area contributed by atoms with Crippen molar-refractivity contribution in [1.82, 2.24) is 9.80 Å². The van der Waals surface area contributed by atoms with Crippen LogP contribution in [0.3, 0.4) is 0 Å². The van der Waals surface area contributed by atoms with Gasteiger partial charge in [0.25, 0.3) is 0 Å². The van der Waals surface area contributed by atoms with Crippen molar-refractivity contribution in [1.29, 1.82) is 0 Å². The number of amides is 2. The molecule has 0 bridgehead atoms. The van der Waals surface area contributed by atoms with E-state index in [9.17, 15) is 9.59 Å². The predicted octanol–water partition coefficient (Wildman–Crippen LogP) is 1.63. The molecule has 1 aliphatic heterocycles. The van der Waals surface area contributed by atoms with Gasteiger partial charge in [0.2, 0.25) is 5.91 Å². The average Bonchev–Trinajstić information content (AvgIpc) is 2.52. The quantitative estimate of drug-likeness (QED) is 0.906. The van der Waals surface area contributed by atoms with Gasteiger partial charge in [0.1, 0.15) is 6.61 Å². The first-order valence-electron chi connectivity index (χ1n) is 7.42. The number of halogens is 1. The number of nitrogens with two attached hydrogens (primary N) is 1. The Morgan fingerprint density at radius 3 is 2.13 bits per heavy atom. The van der Waals surface area contributed by atoms with E-state index in [1.54, 1.807) is 23.6 Å². The fourth-order valence-corrected chi connectivity index (χ4v) is 2.31. The molecule has 0 unspecified atom stereocenters. The van der Waals surface area contributed by atoms with Crippen molar-refractivity contribution in [3.63, 3.8) is 0 Å². The van der Waals surface area contributed by atoms with Gasteiger partial charge in [-0.3, -0.25) is 4.79 Å². The molecule has 0 atom stereocenters. The van der Waals surface area contributed by atoms with E-state index in [0.717, 1.165) is 5.56 Å². The minimum Gasteiger partial charge on any atom is -0.445 e. The van der Waals surface area contributed by atoms with Crippen molar-refractivity contribution in [2.45, 2.75) is 26.0 Å². The molecule has 23 heavy (non-hydrogen) atoms. The van der Waals surface area contributed by atoms with Crippen LogP contribution < -0.4 is 5.73 Å². The molecule has 0 radical (unpaired) electrons. The number of rotatable bonds is 3. The van der Waals surface area contributed by atoms with Crippen molar-refractivity contribution in [2.75, 3.05) is 26.2 Å². The van der Waals surface area contributed by atoms with Gasteiger partial charge >= 0.3 is 6.09 Å². The minimum atomic E-state index is -0.879. The number of nitrogens with zero attached hydrogens (tertiary/aromatic N) is 2.